The van der Waals surface area contributed by atoms with Gasteiger partial charge in [-0.1, -0.05) is 18.2 Å². The molecule has 1 heterocycles. The minimum absolute atomic E-state index is 0.0453. The number of para-hydroxylation sites is 1. The zero-order chi connectivity index (χ0) is 21.3. The maximum atomic E-state index is 14.0. The molecule has 1 atom stereocenters. The number of nitrogens with zero attached hydrogens (tertiary/aromatic N) is 2. The second kappa shape index (κ2) is 10.8. The highest BCUT2D eigenvalue weighted by Crippen LogP contribution is 2.26. The van der Waals surface area contributed by atoms with Crippen LogP contribution in [0, 0.1) is 11.6 Å². The van der Waals surface area contributed by atoms with Crippen LogP contribution in [0.15, 0.2) is 47.5 Å². The molecular weight excluding hydrogens is 388 g/mol. The zero-order valence-electron chi connectivity index (χ0n) is 17.4. The Balaban J connectivity index is 1.48. The molecule has 8 heteroatoms. The lowest BCUT2D eigenvalue weighted by Crippen LogP contribution is -2.44. The normalized spacial score (nSPS) is 16.6. The van der Waals surface area contributed by atoms with Gasteiger partial charge in [0, 0.05) is 52.1 Å². The van der Waals surface area contributed by atoms with Crippen molar-refractivity contribution in [1.82, 2.24) is 10.6 Å². The largest absolute Gasteiger partial charge is 0.383 e. The Morgan fingerprint density at radius 1 is 1.17 bits per heavy atom. The standard InChI is InChI=1S/C22H29F2N5O/c1-25-22(27-14-16-6-8-17(9-7-16)26-11-13-30-2)28-18-10-12-29(15-18)21-19(23)4-3-5-20(21)24/h3-9,18,26H,10-15H2,1-2H3,(H2,25,27,28). The molecule has 0 bridgehead atoms. The summed E-state index contributed by atoms with van der Waals surface area (Å²) in [6.45, 7) is 3.15. The Morgan fingerprint density at radius 2 is 1.90 bits per heavy atom. The maximum absolute atomic E-state index is 14.0. The van der Waals surface area contributed by atoms with E-state index in [2.05, 4.69) is 20.9 Å². The van der Waals surface area contributed by atoms with Crippen molar-refractivity contribution in [1.29, 1.82) is 0 Å². The summed E-state index contributed by atoms with van der Waals surface area (Å²) in [5.41, 5.74) is 2.21. The molecule has 1 aliphatic heterocycles. The quantitative estimate of drug-likeness (QED) is 0.350. The summed E-state index contributed by atoms with van der Waals surface area (Å²) in [7, 11) is 3.39. The van der Waals surface area contributed by atoms with Crippen molar-refractivity contribution in [3.63, 3.8) is 0 Å². The zero-order valence-corrected chi connectivity index (χ0v) is 17.4. The van der Waals surface area contributed by atoms with Crippen molar-refractivity contribution >= 4 is 17.3 Å². The first-order chi connectivity index (χ1) is 14.6. The van der Waals surface area contributed by atoms with Crippen molar-refractivity contribution in [2.45, 2.75) is 19.0 Å². The van der Waals surface area contributed by atoms with Crippen molar-refractivity contribution in [3.05, 3.63) is 59.7 Å². The number of ether oxygens (including phenoxy) is 1. The number of methoxy groups -OCH3 is 1. The molecule has 162 valence electrons. The lowest BCUT2D eigenvalue weighted by Gasteiger charge is -2.21. The fraction of sp³-hybridized carbons (Fsp3) is 0.409. The summed E-state index contributed by atoms with van der Waals surface area (Å²) in [4.78, 5) is 6.01. The summed E-state index contributed by atoms with van der Waals surface area (Å²) in [6.07, 6.45) is 0.774. The van der Waals surface area contributed by atoms with E-state index in [4.69, 9.17) is 4.74 Å². The summed E-state index contributed by atoms with van der Waals surface area (Å²) >= 11 is 0. The van der Waals surface area contributed by atoms with Gasteiger partial charge in [-0.2, -0.15) is 0 Å². The Morgan fingerprint density at radius 3 is 2.57 bits per heavy atom. The van der Waals surface area contributed by atoms with Crippen LogP contribution in [-0.2, 0) is 11.3 Å². The highest BCUT2D eigenvalue weighted by Gasteiger charge is 2.27. The topological polar surface area (TPSA) is 60.9 Å². The van der Waals surface area contributed by atoms with E-state index >= 15 is 0 Å². The van der Waals surface area contributed by atoms with Gasteiger partial charge in [-0.3, -0.25) is 4.99 Å². The molecule has 3 rings (SSSR count). The molecule has 30 heavy (non-hydrogen) atoms. The van der Waals surface area contributed by atoms with E-state index in [-0.39, 0.29) is 11.7 Å². The highest BCUT2D eigenvalue weighted by atomic mass is 19.1. The molecule has 1 fully saturated rings. The lowest BCUT2D eigenvalue weighted by molar-refractivity contribution is 0.211. The van der Waals surface area contributed by atoms with E-state index in [9.17, 15) is 8.78 Å². The SMILES string of the molecule is CN=C(NCc1ccc(NCCOC)cc1)NC1CCN(c2c(F)cccc2F)C1. The van der Waals surface area contributed by atoms with Crippen LogP contribution < -0.4 is 20.9 Å². The molecule has 6 nitrogen and oxygen atoms in total. The summed E-state index contributed by atoms with van der Waals surface area (Å²) in [5.74, 6) is -0.394. The molecular formula is C22H29F2N5O. The molecule has 0 spiro atoms. The van der Waals surface area contributed by atoms with E-state index < -0.39 is 11.6 Å². The highest BCUT2D eigenvalue weighted by molar-refractivity contribution is 5.80. The van der Waals surface area contributed by atoms with Gasteiger partial charge in [-0.15, -0.1) is 0 Å². The molecule has 1 aliphatic rings. The van der Waals surface area contributed by atoms with Crippen LogP contribution in [-0.4, -0.2) is 52.4 Å². The number of nitrogens with one attached hydrogen (secondary N) is 3. The third-order valence-electron chi connectivity index (χ3n) is 5.06. The lowest BCUT2D eigenvalue weighted by atomic mass is 10.2. The van der Waals surface area contributed by atoms with Crippen LogP contribution in [0.25, 0.3) is 0 Å². The van der Waals surface area contributed by atoms with Gasteiger partial charge in [0.05, 0.1) is 6.61 Å². The first-order valence-corrected chi connectivity index (χ1v) is 10.1. The predicted molar refractivity (Wildman–Crippen MR) is 117 cm³/mol. The number of guanidine groups is 1. The van der Waals surface area contributed by atoms with Gasteiger partial charge in [0.25, 0.3) is 0 Å². The average molecular weight is 418 g/mol. The third kappa shape index (κ3) is 5.82. The van der Waals surface area contributed by atoms with Crippen LogP contribution in [0.2, 0.25) is 0 Å². The molecule has 2 aromatic rings. The molecule has 0 aliphatic carbocycles. The molecule has 3 N–H and O–H groups in total. The Kier molecular flexibility index (Phi) is 7.84. The summed E-state index contributed by atoms with van der Waals surface area (Å²) in [6, 6.07) is 12.2. The number of hydrogen-bond donors (Lipinski definition) is 3. The Hall–Kier alpha value is -2.87. The number of hydrogen-bond acceptors (Lipinski definition) is 4. The van der Waals surface area contributed by atoms with Gasteiger partial charge in [0.2, 0.25) is 0 Å². The molecule has 0 amide bonds. The second-order valence-corrected chi connectivity index (χ2v) is 7.19. The number of aliphatic imine (C=N–C) groups is 1. The van der Waals surface area contributed by atoms with Crippen molar-refractivity contribution in [2.24, 2.45) is 4.99 Å². The second-order valence-electron chi connectivity index (χ2n) is 7.19. The van der Waals surface area contributed by atoms with Crippen molar-refractivity contribution in [2.75, 3.05) is 50.6 Å². The van der Waals surface area contributed by atoms with E-state index in [0.717, 1.165) is 24.2 Å². The fourth-order valence-electron chi connectivity index (χ4n) is 3.48. The summed E-state index contributed by atoms with van der Waals surface area (Å²) in [5, 5.41) is 9.92. The van der Waals surface area contributed by atoms with Crippen LogP contribution >= 0.6 is 0 Å². The molecule has 0 aromatic heterocycles. The van der Waals surface area contributed by atoms with Crippen molar-refractivity contribution in [3.8, 4) is 0 Å². The predicted octanol–water partition coefficient (Wildman–Crippen LogP) is 2.97. The first-order valence-electron chi connectivity index (χ1n) is 10.1. The third-order valence-corrected chi connectivity index (χ3v) is 5.06. The maximum Gasteiger partial charge on any atom is 0.191 e. The fourth-order valence-corrected chi connectivity index (χ4v) is 3.48. The minimum Gasteiger partial charge on any atom is -0.383 e. The number of halogens is 2. The van der Waals surface area contributed by atoms with Gasteiger partial charge >= 0.3 is 0 Å². The smallest absolute Gasteiger partial charge is 0.191 e. The molecule has 2 aromatic carbocycles. The van der Waals surface area contributed by atoms with Gasteiger partial charge in [-0.05, 0) is 36.2 Å². The molecule has 1 saturated heterocycles. The number of rotatable bonds is 8. The Bertz CT molecular complexity index is 824. The monoisotopic (exact) mass is 417 g/mol. The first kappa shape index (κ1) is 21.8. The summed E-state index contributed by atoms with van der Waals surface area (Å²) < 4.78 is 33.1. The Labute approximate surface area is 176 Å². The van der Waals surface area contributed by atoms with Crippen LogP contribution in [0.5, 0.6) is 0 Å². The van der Waals surface area contributed by atoms with Gasteiger partial charge < -0.3 is 25.6 Å². The van der Waals surface area contributed by atoms with E-state index in [0.29, 0.717) is 32.2 Å². The van der Waals surface area contributed by atoms with E-state index in [1.165, 1.54) is 18.2 Å². The van der Waals surface area contributed by atoms with Gasteiger partial charge in [-0.25, -0.2) is 8.78 Å². The van der Waals surface area contributed by atoms with Gasteiger partial charge in [0.1, 0.15) is 17.3 Å². The van der Waals surface area contributed by atoms with E-state index in [1.807, 2.05) is 24.3 Å². The van der Waals surface area contributed by atoms with Crippen LogP contribution in [0.4, 0.5) is 20.2 Å². The van der Waals surface area contributed by atoms with E-state index in [1.54, 1.807) is 19.1 Å². The number of benzene rings is 2. The molecule has 0 saturated carbocycles. The van der Waals surface area contributed by atoms with Crippen LogP contribution in [0.1, 0.15) is 12.0 Å². The molecule has 1 unspecified atom stereocenters. The van der Waals surface area contributed by atoms with Gasteiger partial charge in [0.15, 0.2) is 5.96 Å². The number of anilines is 2. The minimum atomic E-state index is -0.529. The average Bonchev–Trinajstić information content (AvgIpc) is 3.20. The molecule has 0 radical (unpaired) electrons. The van der Waals surface area contributed by atoms with Crippen LogP contribution in [0.3, 0.4) is 0 Å². The van der Waals surface area contributed by atoms with Crippen molar-refractivity contribution < 1.29 is 13.5 Å².